The van der Waals surface area contributed by atoms with Crippen LogP contribution in [0.2, 0.25) is 0 Å². The number of amides is 1. The van der Waals surface area contributed by atoms with Crippen molar-refractivity contribution in [2.75, 3.05) is 27.2 Å². The summed E-state index contributed by atoms with van der Waals surface area (Å²) in [6.07, 6.45) is 0.873. The van der Waals surface area contributed by atoms with E-state index >= 15 is 0 Å². The summed E-state index contributed by atoms with van der Waals surface area (Å²) in [7, 11) is 3.99. The zero-order chi connectivity index (χ0) is 13.2. The van der Waals surface area contributed by atoms with Crippen molar-refractivity contribution < 1.29 is 4.79 Å². The number of hydrogen-bond acceptors (Lipinski definition) is 3. The van der Waals surface area contributed by atoms with Gasteiger partial charge in [0.15, 0.2) is 0 Å². The van der Waals surface area contributed by atoms with E-state index in [4.69, 9.17) is 0 Å². The third kappa shape index (κ3) is 2.99. The van der Waals surface area contributed by atoms with Crippen LogP contribution in [0.25, 0.3) is 0 Å². The Balaban J connectivity index is 2.88. The van der Waals surface area contributed by atoms with E-state index in [0.29, 0.717) is 0 Å². The number of nitrogens with zero attached hydrogens (tertiary/aromatic N) is 2. The highest BCUT2D eigenvalue weighted by Gasteiger charge is 2.43. The Morgan fingerprint density at radius 1 is 1.47 bits per heavy atom. The maximum atomic E-state index is 12.4. The third-order valence-electron chi connectivity index (χ3n) is 3.84. The molecule has 1 N–H and O–H groups in total. The lowest BCUT2D eigenvalue weighted by Crippen LogP contribution is -2.66. The normalized spacial score (nSPS) is 25.7. The summed E-state index contributed by atoms with van der Waals surface area (Å²) in [5.41, 5.74) is 0.0522. The van der Waals surface area contributed by atoms with Gasteiger partial charge in [-0.05, 0) is 54.8 Å². The molecule has 1 atom stereocenters. The van der Waals surface area contributed by atoms with Gasteiger partial charge < -0.3 is 10.2 Å². The third-order valence-corrected chi connectivity index (χ3v) is 3.84. The topological polar surface area (TPSA) is 35.6 Å². The SMILES string of the molecule is CNCCC1C(=O)N(C(C)C)CC(C)(C)N1C. The first-order valence-corrected chi connectivity index (χ1v) is 6.49. The first-order valence-electron chi connectivity index (χ1n) is 6.49. The Labute approximate surface area is 105 Å². The molecular weight excluding hydrogens is 214 g/mol. The molecule has 100 valence electrons. The molecular formula is C13H27N3O. The first kappa shape index (κ1) is 14.5. The van der Waals surface area contributed by atoms with Crippen LogP contribution in [0.3, 0.4) is 0 Å². The molecule has 0 aromatic rings. The van der Waals surface area contributed by atoms with Gasteiger partial charge in [0.1, 0.15) is 0 Å². The molecule has 0 aromatic carbocycles. The summed E-state index contributed by atoms with van der Waals surface area (Å²) in [5.74, 6) is 0.275. The number of piperazine rings is 1. The van der Waals surface area contributed by atoms with Gasteiger partial charge in [0.05, 0.1) is 6.04 Å². The Morgan fingerprint density at radius 3 is 2.53 bits per heavy atom. The van der Waals surface area contributed by atoms with E-state index in [0.717, 1.165) is 19.5 Å². The van der Waals surface area contributed by atoms with Crippen LogP contribution in [-0.2, 0) is 4.79 Å². The summed E-state index contributed by atoms with van der Waals surface area (Å²) in [6.45, 7) is 10.3. The molecule has 17 heavy (non-hydrogen) atoms. The van der Waals surface area contributed by atoms with Crippen LogP contribution in [0.5, 0.6) is 0 Å². The minimum atomic E-state index is 0.00796. The van der Waals surface area contributed by atoms with E-state index in [2.05, 4.69) is 45.0 Å². The van der Waals surface area contributed by atoms with Crippen molar-refractivity contribution in [2.45, 2.75) is 51.7 Å². The summed E-state index contributed by atoms with van der Waals surface area (Å²) < 4.78 is 0. The van der Waals surface area contributed by atoms with Gasteiger partial charge in [-0.3, -0.25) is 9.69 Å². The highest BCUT2D eigenvalue weighted by Crippen LogP contribution is 2.27. The smallest absolute Gasteiger partial charge is 0.240 e. The zero-order valence-electron chi connectivity index (χ0n) is 12.1. The standard InChI is InChI=1S/C13H27N3O/c1-10(2)16-9-13(3,4)15(6)11(12(16)17)7-8-14-5/h10-11,14H,7-9H2,1-6H3. The number of carbonyl (C=O) groups excluding carboxylic acids is 1. The number of hydrogen-bond donors (Lipinski definition) is 1. The van der Waals surface area contributed by atoms with Crippen molar-refractivity contribution in [3.63, 3.8) is 0 Å². The van der Waals surface area contributed by atoms with E-state index in [9.17, 15) is 4.79 Å². The van der Waals surface area contributed by atoms with Crippen molar-refractivity contribution >= 4 is 5.91 Å². The quantitative estimate of drug-likeness (QED) is 0.795. The molecule has 0 radical (unpaired) electrons. The van der Waals surface area contributed by atoms with Crippen LogP contribution in [0.4, 0.5) is 0 Å². The second-order valence-corrected chi connectivity index (χ2v) is 5.89. The van der Waals surface area contributed by atoms with Gasteiger partial charge in [0.25, 0.3) is 0 Å². The predicted molar refractivity (Wildman–Crippen MR) is 71.0 cm³/mol. The summed E-state index contributed by atoms with van der Waals surface area (Å²) in [4.78, 5) is 16.7. The number of nitrogens with one attached hydrogen (secondary N) is 1. The van der Waals surface area contributed by atoms with Crippen LogP contribution in [0.15, 0.2) is 0 Å². The Hall–Kier alpha value is -0.610. The largest absolute Gasteiger partial charge is 0.337 e. The second kappa shape index (κ2) is 5.36. The molecule has 0 bridgehead atoms. The van der Waals surface area contributed by atoms with Crippen molar-refractivity contribution in [2.24, 2.45) is 0 Å². The molecule has 1 aliphatic heterocycles. The Bertz CT molecular complexity index is 276. The molecule has 1 amide bonds. The van der Waals surface area contributed by atoms with E-state index < -0.39 is 0 Å². The van der Waals surface area contributed by atoms with Gasteiger partial charge in [0.2, 0.25) is 5.91 Å². The average Bonchev–Trinajstić information content (AvgIpc) is 2.24. The van der Waals surface area contributed by atoms with Gasteiger partial charge in [0, 0.05) is 18.1 Å². The van der Waals surface area contributed by atoms with Gasteiger partial charge in [-0.2, -0.15) is 0 Å². The highest BCUT2D eigenvalue weighted by molar-refractivity contribution is 5.83. The number of likely N-dealkylation sites (N-methyl/N-ethyl adjacent to an activating group) is 1. The van der Waals surface area contributed by atoms with Crippen molar-refractivity contribution in [1.82, 2.24) is 15.1 Å². The van der Waals surface area contributed by atoms with Crippen molar-refractivity contribution in [3.05, 3.63) is 0 Å². The molecule has 0 saturated carbocycles. The maximum Gasteiger partial charge on any atom is 0.240 e. The average molecular weight is 241 g/mol. The van der Waals surface area contributed by atoms with Gasteiger partial charge in [-0.1, -0.05) is 0 Å². The van der Waals surface area contributed by atoms with E-state index in [1.165, 1.54) is 0 Å². The minimum absolute atomic E-state index is 0.00796. The van der Waals surface area contributed by atoms with Gasteiger partial charge in [-0.15, -0.1) is 0 Å². The maximum absolute atomic E-state index is 12.4. The lowest BCUT2D eigenvalue weighted by Gasteiger charge is -2.50. The van der Waals surface area contributed by atoms with Gasteiger partial charge >= 0.3 is 0 Å². The molecule has 1 unspecified atom stereocenters. The number of rotatable bonds is 4. The second-order valence-electron chi connectivity index (χ2n) is 5.89. The summed E-state index contributed by atoms with van der Waals surface area (Å²) in [5, 5.41) is 3.13. The minimum Gasteiger partial charge on any atom is -0.337 e. The summed E-state index contributed by atoms with van der Waals surface area (Å²) in [6, 6.07) is 0.293. The monoisotopic (exact) mass is 241 g/mol. The van der Waals surface area contributed by atoms with Crippen LogP contribution < -0.4 is 5.32 Å². The Morgan fingerprint density at radius 2 is 2.06 bits per heavy atom. The van der Waals surface area contributed by atoms with E-state index in [1.807, 2.05) is 11.9 Å². The zero-order valence-corrected chi connectivity index (χ0v) is 12.1. The molecule has 4 heteroatoms. The first-order chi connectivity index (χ1) is 7.81. The van der Waals surface area contributed by atoms with E-state index in [-0.39, 0.29) is 23.5 Å². The Kier molecular flexibility index (Phi) is 4.55. The van der Waals surface area contributed by atoms with Crippen molar-refractivity contribution in [1.29, 1.82) is 0 Å². The molecule has 1 heterocycles. The van der Waals surface area contributed by atoms with Crippen LogP contribution in [0, 0.1) is 0 Å². The van der Waals surface area contributed by atoms with Gasteiger partial charge in [-0.25, -0.2) is 0 Å². The van der Waals surface area contributed by atoms with Crippen LogP contribution in [0.1, 0.15) is 34.1 Å². The molecule has 1 fully saturated rings. The highest BCUT2D eigenvalue weighted by atomic mass is 16.2. The molecule has 0 aromatic heterocycles. The fourth-order valence-electron chi connectivity index (χ4n) is 2.42. The molecule has 4 nitrogen and oxygen atoms in total. The lowest BCUT2D eigenvalue weighted by molar-refractivity contribution is -0.151. The predicted octanol–water partition coefficient (Wildman–Crippen LogP) is 0.926. The van der Waals surface area contributed by atoms with Crippen molar-refractivity contribution in [3.8, 4) is 0 Å². The molecule has 0 aliphatic carbocycles. The molecule has 1 saturated heterocycles. The fraction of sp³-hybridized carbons (Fsp3) is 0.923. The molecule has 1 rings (SSSR count). The summed E-state index contributed by atoms with van der Waals surface area (Å²) >= 11 is 0. The lowest BCUT2D eigenvalue weighted by atomic mass is 9.92. The van der Waals surface area contributed by atoms with E-state index in [1.54, 1.807) is 0 Å². The van der Waals surface area contributed by atoms with Crippen LogP contribution >= 0.6 is 0 Å². The number of carbonyl (C=O) groups is 1. The fourth-order valence-corrected chi connectivity index (χ4v) is 2.42. The molecule has 1 aliphatic rings. The molecule has 0 spiro atoms. The van der Waals surface area contributed by atoms with Crippen LogP contribution in [-0.4, -0.2) is 60.5 Å².